The highest BCUT2D eigenvalue weighted by molar-refractivity contribution is 5.95. The van der Waals surface area contributed by atoms with Gasteiger partial charge in [-0.25, -0.2) is 9.59 Å². The standard InChI is InChI=1S/C25H28N6O3/c1-34-22-4-2-3-18(13-22)16-31-24(33)30(17-25(31)9-11-29(12-10-25)23(26)32)21-7-5-19(6-8-21)20-14-27-28-15-20/h2-8,13-15H,9-12,16-17H2,1H3,(H2,26,32)(H,27,28). The minimum absolute atomic E-state index is 0.0357. The van der Waals surface area contributed by atoms with E-state index in [0.717, 1.165) is 28.1 Å². The van der Waals surface area contributed by atoms with E-state index in [4.69, 9.17) is 10.5 Å². The van der Waals surface area contributed by atoms with Crippen LogP contribution in [0, 0.1) is 0 Å². The number of piperidine rings is 1. The molecule has 5 rings (SSSR count). The first-order valence-electron chi connectivity index (χ1n) is 11.3. The summed E-state index contributed by atoms with van der Waals surface area (Å²) in [5.41, 5.74) is 9.02. The van der Waals surface area contributed by atoms with Crippen LogP contribution in [0.1, 0.15) is 18.4 Å². The van der Waals surface area contributed by atoms with E-state index in [2.05, 4.69) is 10.2 Å². The summed E-state index contributed by atoms with van der Waals surface area (Å²) < 4.78 is 5.38. The summed E-state index contributed by atoms with van der Waals surface area (Å²) in [6, 6.07) is 15.3. The van der Waals surface area contributed by atoms with Crippen LogP contribution in [-0.4, -0.2) is 64.3 Å². The third-order valence-corrected chi connectivity index (χ3v) is 6.98. The topological polar surface area (TPSA) is 108 Å². The summed E-state index contributed by atoms with van der Waals surface area (Å²) in [5.74, 6) is 0.758. The molecule has 34 heavy (non-hydrogen) atoms. The number of amides is 4. The Kier molecular flexibility index (Phi) is 5.61. The number of anilines is 1. The van der Waals surface area contributed by atoms with E-state index in [1.54, 1.807) is 18.2 Å². The summed E-state index contributed by atoms with van der Waals surface area (Å²) in [5, 5.41) is 6.83. The van der Waals surface area contributed by atoms with Gasteiger partial charge >= 0.3 is 12.1 Å². The number of urea groups is 2. The molecule has 0 radical (unpaired) electrons. The minimum atomic E-state index is -0.412. The third kappa shape index (κ3) is 3.93. The van der Waals surface area contributed by atoms with Crippen molar-refractivity contribution in [3.63, 3.8) is 0 Å². The highest BCUT2D eigenvalue weighted by Gasteiger charge is 2.51. The van der Waals surface area contributed by atoms with Gasteiger partial charge in [-0.1, -0.05) is 24.3 Å². The number of carbonyl (C=O) groups excluding carboxylic acids is 2. The lowest BCUT2D eigenvalue weighted by Gasteiger charge is -2.43. The first kappa shape index (κ1) is 21.8. The zero-order valence-corrected chi connectivity index (χ0v) is 19.1. The number of hydrogen-bond acceptors (Lipinski definition) is 4. The van der Waals surface area contributed by atoms with Gasteiger partial charge in [0.05, 0.1) is 25.4 Å². The van der Waals surface area contributed by atoms with Gasteiger partial charge in [0.25, 0.3) is 0 Å². The average molecular weight is 461 g/mol. The van der Waals surface area contributed by atoms with Crippen molar-refractivity contribution in [1.29, 1.82) is 0 Å². The maximum atomic E-state index is 13.8. The second-order valence-corrected chi connectivity index (χ2v) is 8.89. The van der Waals surface area contributed by atoms with E-state index >= 15 is 0 Å². The number of nitrogens with two attached hydrogens (primary N) is 1. The van der Waals surface area contributed by atoms with Gasteiger partial charge in [-0.3, -0.25) is 10.00 Å². The van der Waals surface area contributed by atoms with E-state index in [-0.39, 0.29) is 11.6 Å². The summed E-state index contributed by atoms with van der Waals surface area (Å²) in [4.78, 5) is 30.9. The van der Waals surface area contributed by atoms with Crippen LogP contribution in [0.4, 0.5) is 15.3 Å². The molecular formula is C25H28N6O3. The lowest BCUT2D eigenvalue weighted by molar-refractivity contribution is 0.0850. The molecule has 3 heterocycles. The number of primary amides is 1. The van der Waals surface area contributed by atoms with Gasteiger partial charge in [-0.2, -0.15) is 5.10 Å². The van der Waals surface area contributed by atoms with E-state index in [9.17, 15) is 9.59 Å². The minimum Gasteiger partial charge on any atom is -0.497 e. The molecule has 2 aliphatic rings. The second kappa shape index (κ2) is 8.74. The number of nitrogens with one attached hydrogen (secondary N) is 1. The monoisotopic (exact) mass is 460 g/mol. The van der Waals surface area contributed by atoms with Crippen molar-refractivity contribution in [3.05, 3.63) is 66.5 Å². The number of carbonyl (C=O) groups is 2. The van der Waals surface area contributed by atoms with Crippen LogP contribution >= 0.6 is 0 Å². The van der Waals surface area contributed by atoms with Crippen molar-refractivity contribution in [2.75, 3.05) is 31.6 Å². The quantitative estimate of drug-likeness (QED) is 0.608. The molecule has 3 N–H and O–H groups in total. The Morgan fingerprint density at radius 2 is 1.91 bits per heavy atom. The van der Waals surface area contributed by atoms with Gasteiger partial charge < -0.3 is 20.3 Å². The third-order valence-electron chi connectivity index (χ3n) is 6.98. The predicted molar refractivity (Wildman–Crippen MR) is 128 cm³/mol. The average Bonchev–Trinajstić information content (AvgIpc) is 3.49. The maximum Gasteiger partial charge on any atom is 0.325 e. The summed E-state index contributed by atoms with van der Waals surface area (Å²) in [6.07, 6.45) is 4.96. The summed E-state index contributed by atoms with van der Waals surface area (Å²) >= 11 is 0. The van der Waals surface area contributed by atoms with Gasteiger partial charge in [0.1, 0.15) is 5.75 Å². The highest BCUT2D eigenvalue weighted by atomic mass is 16.5. The van der Waals surface area contributed by atoms with Gasteiger partial charge in [0.2, 0.25) is 0 Å². The highest BCUT2D eigenvalue weighted by Crippen LogP contribution is 2.40. The van der Waals surface area contributed by atoms with E-state index in [1.165, 1.54) is 0 Å². The SMILES string of the molecule is COc1cccc(CN2C(=O)N(c3ccc(-c4cn[nH]c4)cc3)CC23CCN(C(N)=O)CC3)c1. The maximum absolute atomic E-state index is 13.8. The van der Waals surface area contributed by atoms with E-state index in [0.29, 0.717) is 39.0 Å². The Morgan fingerprint density at radius 3 is 2.56 bits per heavy atom. The van der Waals surface area contributed by atoms with Crippen molar-refractivity contribution in [2.45, 2.75) is 24.9 Å². The lowest BCUT2D eigenvalue weighted by Crippen LogP contribution is -2.55. The molecule has 2 fully saturated rings. The van der Waals surface area contributed by atoms with Crippen LogP contribution in [0.3, 0.4) is 0 Å². The van der Waals surface area contributed by atoms with Crippen LogP contribution < -0.4 is 15.4 Å². The first-order valence-corrected chi connectivity index (χ1v) is 11.3. The normalized spacial score (nSPS) is 17.4. The number of likely N-dealkylation sites (tertiary alicyclic amines) is 1. The van der Waals surface area contributed by atoms with Crippen molar-refractivity contribution in [3.8, 4) is 16.9 Å². The van der Waals surface area contributed by atoms with Gasteiger partial charge in [0.15, 0.2) is 0 Å². The fraction of sp³-hybridized carbons (Fsp3) is 0.320. The number of methoxy groups -OCH3 is 1. The summed E-state index contributed by atoms with van der Waals surface area (Å²) in [7, 11) is 1.64. The molecule has 0 aliphatic carbocycles. The zero-order valence-electron chi connectivity index (χ0n) is 19.1. The van der Waals surface area contributed by atoms with Gasteiger partial charge in [0, 0.05) is 37.1 Å². The molecule has 2 aliphatic heterocycles. The molecule has 0 saturated carbocycles. The lowest BCUT2D eigenvalue weighted by atomic mass is 9.86. The molecule has 9 nitrogen and oxygen atoms in total. The number of H-pyrrole nitrogens is 1. The fourth-order valence-corrected chi connectivity index (χ4v) is 5.00. The van der Waals surface area contributed by atoms with E-state index < -0.39 is 6.03 Å². The number of hydrogen-bond donors (Lipinski definition) is 2. The molecule has 1 spiro atoms. The van der Waals surface area contributed by atoms with E-state index in [1.807, 2.05) is 64.5 Å². The molecule has 3 aromatic rings. The molecule has 1 aromatic heterocycles. The number of nitrogens with zero attached hydrogens (tertiary/aromatic N) is 4. The van der Waals surface area contributed by atoms with Crippen molar-refractivity contribution < 1.29 is 14.3 Å². The number of aromatic amines is 1. The van der Waals surface area contributed by atoms with Crippen molar-refractivity contribution >= 4 is 17.7 Å². The fourth-order valence-electron chi connectivity index (χ4n) is 5.00. The Balaban J connectivity index is 1.44. The predicted octanol–water partition coefficient (Wildman–Crippen LogP) is 3.44. The smallest absolute Gasteiger partial charge is 0.325 e. The Morgan fingerprint density at radius 1 is 1.15 bits per heavy atom. The van der Waals surface area contributed by atoms with Crippen molar-refractivity contribution in [2.24, 2.45) is 5.73 Å². The number of aromatic nitrogens is 2. The molecule has 2 saturated heterocycles. The molecule has 0 unspecified atom stereocenters. The van der Waals surface area contributed by atoms with Gasteiger partial charge in [-0.05, 0) is 48.2 Å². The van der Waals surface area contributed by atoms with Crippen molar-refractivity contribution in [1.82, 2.24) is 20.0 Å². The zero-order chi connectivity index (χ0) is 23.7. The number of rotatable bonds is 5. The van der Waals surface area contributed by atoms with Crippen LogP contribution in [0.2, 0.25) is 0 Å². The first-order chi connectivity index (χ1) is 16.5. The Labute approximate surface area is 198 Å². The summed E-state index contributed by atoms with van der Waals surface area (Å²) in [6.45, 7) is 2.10. The molecule has 9 heteroatoms. The molecule has 0 atom stereocenters. The van der Waals surface area contributed by atoms with Crippen LogP contribution in [0.15, 0.2) is 60.9 Å². The number of ether oxygens (including phenoxy) is 1. The molecular weight excluding hydrogens is 432 g/mol. The van der Waals surface area contributed by atoms with Crippen LogP contribution in [0.25, 0.3) is 11.1 Å². The second-order valence-electron chi connectivity index (χ2n) is 8.89. The van der Waals surface area contributed by atoms with Gasteiger partial charge in [-0.15, -0.1) is 0 Å². The van der Waals surface area contributed by atoms with Crippen LogP contribution in [0.5, 0.6) is 5.75 Å². The molecule has 176 valence electrons. The number of benzene rings is 2. The molecule has 2 aromatic carbocycles. The Hall–Kier alpha value is -4.01. The van der Waals surface area contributed by atoms with Crippen LogP contribution in [-0.2, 0) is 6.54 Å². The molecule has 4 amide bonds. The largest absolute Gasteiger partial charge is 0.497 e. The molecule has 0 bridgehead atoms. The Bertz CT molecular complexity index is 1170.